The van der Waals surface area contributed by atoms with Crippen molar-refractivity contribution >= 4 is 17.4 Å². The van der Waals surface area contributed by atoms with Gasteiger partial charge in [-0.05, 0) is 43.2 Å². The molecule has 0 bridgehead atoms. The normalized spacial score (nSPS) is 13.6. The fraction of sp³-hybridized carbons (Fsp3) is 0.368. The van der Waals surface area contributed by atoms with E-state index in [1.54, 1.807) is 13.3 Å². The molecular weight excluding hydrogens is 302 g/mol. The largest absolute Gasteiger partial charge is 0.497 e. The second kappa shape index (κ2) is 7.34. The Bertz CT molecular complexity index is 700. The molecule has 126 valence electrons. The molecule has 1 amide bonds. The van der Waals surface area contributed by atoms with Gasteiger partial charge in [0.2, 0.25) is 5.91 Å². The lowest BCUT2D eigenvalue weighted by Gasteiger charge is -2.36. The number of aromatic nitrogens is 1. The van der Waals surface area contributed by atoms with Crippen LogP contribution in [0.25, 0.3) is 0 Å². The number of hydrogen-bond acceptors (Lipinski definition) is 4. The van der Waals surface area contributed by atoms with Gasteiger partial charge in [-0.25, -0.2) is 4.98 Å². The van der Waals surface area contributed by atoms with E-state index in [0.29, 0.717) is 13.0 Å². The highest BCUT2D eigenvalue weighted by molar-refractivity contribution is 5.97. The summed E-state index contributed by atoms with van der Waals surface area (Å²) in [6, 6.07) is 11.8. The Morgan fingerprint density at radius 1 is 1.21 bits per heavy atom. The molecule has 0 aliphatic carbocycles. The topological polar surface area (TPSA) is 45.7 Å². The number of benzene rings is 1. The SMILES string of the molecule is CCN1CCN(C(=O)CCc2ccc(OC)cc2)c2cccnc21. The van der Waals surface area contributed by atoms with Gasteiger partial charge in [0, 0.05) is 32.3 Å². The van der Waals surface area contributed by atoms with Gasteiger partial charge in [0.25, 0.3) is 0 Å². The molecule has 24 heavy (non-hydrogen) atoms. The maximum atomic E-state index is 12.7. The van der Waals surface area contributed by atoms with Gasteiger partial charge in [-0.2, -0.15) is 0 Å². The van der Waals surface area contributed by atoms with E-state index in [1.807, 2.05) is 41.3 Å². The number of ether oxygens (including phenoxy) is 1. The Morgan fingerprint density at radius 3 is 2.71 bits per heavy atom. The molecule has 0 atom stereocenters. The second-order valence-electron chi connectivity index (χ2n) is 5.82. The highest BCUT2D eigenvalue weighted by Crippen LogP contribution is 2.30. The Hall–Kier alpha value is -2.56. The van der Waals surface area contributed by atoms with Crippen LogP contribution in [0.2, 0.25) is 0 Å². The smallest absolute Gasteiger partial charge is 0.227 e. The summed E-state index contributed by atoms with van der Waals surface area (Å²) in [6.07, 6.45) is 3.01. The second-order valence-corrected chi connectivity index (χ2v) is 5.82. The molecular formula is C19H23N3O2. The van der Waals surface area contributed by atoms with Gasteiger partial charge in [0.1, 0.15) is 5.75 Å². The zero-order valence-electron chi connectivity index (χ0n) is 14.2. The molecule has 0 saturated heterocycles. The third-order valence-corrected chi connectivity index (χ3v) is 4.42. The molecule has 2 heterocycles. The van der Waals surface area contributed by atoms with Crippen LogP contribution in [0.4, 0.5) is 11.5 Å². The first-order valence-corrected chi connectivity index (χ1v) is 8.36. The number of fused-ring (bicyclic) bond motifs is 1. The summed E-state index contributed by atoms with van der Waals surface area (Å²) in [5.74, 6) is 1.89. The first kappa shape index (κ1) is 16.3. The molecule has 0 radical (unpaired) electrons. The number of methoxy groups -OCH3 is 1. The average Bonchev–Trinajstić information content (AvgIpc) is 2.65. The van der Waals surface area contributed by atoms with Gasteiger partial charge in [-0.1, -0.05) is 12.1 Å². The number of amides is 1. The number of likely N-dealkylation sites (N-methyl/N-ethyl adjacent to an activating group) is 1. The van der Waals surface area contributed by atoms with Crippen LogP contribution in [0.1, 0.15) is 18.9 Å². The van der Waals surface area contributed by atoms with Gasteiger partial charge in [0.05, 0.1) is 12.8 Å². The Kier molecular flexibility index (Phi) is 4.99. The summed E-state index contributed by atoms with van der Waals surface area (Å²) in [5, 5.41) is 0. The molecule has 0 spiro atoms. The lowest BCUT2D eigenvalue weighted by Crippen LogP contribution is -2.44. The van der Waals surface area contributed by atoms with Crippen molar-refractivity contribution < 1.29 is 9.53 Å². The van der Waals surface area contributed by atoms with E-state index >= 15 is 0 Å². The Morgan fingerprint density at radius 2 is 2.00 bits per heavy atom. The molecule has 1 aromatic carbocycles. The van der Waals surface area contributed by atoms with E-state index in [2.05, 4.69) is 16.8 Å². The minimum Gasteiger partial charge on any atom is -0.497 e. The summed E-state index contributed by atoms with van der Waals surface area (Å²) in [7, 11) is 1.65. The first-order chi connectivity index (χ1) is 11.7. The highest BCUT2D eigenvalue weighted by Gasteiger charge is 2.26. The fourth-order valence-corrected chi connectivity index (χ4v) is 3.04. The van der Waals surface area contributed by atoms with Crippen molar-refractivity contribution in [1.82, 2.24) is 4.98 Å². The van der Waals surface area contributed by atoms with Gasteiger partial charge >= 0.3 is 0 Å². The van der Waals surface area contributed by atoms with Gasteiger partial charge in [-0.15, -0.1) is 0 Å². The van der Waals surface area contributed by atoms with Crippen molar-refractivity contribution in [1.29, 1.82) is 0 Å². The van der Waals surface area contributed by atoms with Crippen molar-refractivity contribution in [2.24, 2.45) is 0 Å². The molecule has 0 fully saturated rings. The number of anilines is 2. The molecule has 0 saturated carbocycles. The zero-order valence-corrected chi connectivity index (χ0v) is 14.2. The summed E-state index contributed by atoms with van der Waals surface area (Å²) in [4.78, 5) is 21.3. The summed E-state index contributed by atoms with van der Waals surface area (Å²) in [5.41, 5.74) is 2.06. The van der Waals surface area contributed by atoms with E-state index in [1.165, 1.54) is 0 Å². The van der Waals surface area contributed by atoms with E-state index in [4.69, 9.17) is 4.74 Å². The van der Waals surface area contributed by atoms with E-state index in [-0.39, 0.29) is 5.91 Å². The van der Waals surface area contributed by atoms with E-state index in [9.17, 15) is 4.79 Å². The third-order valence-electron chi connectivity index (χ3n) is 4.42. The molecule has 0 N–H and O–H groups in total. The Balaban J connectivity index is 1.68. The molecule has 5 nitrogen and oxygen atoms in total. The summed E-state index contributed by atoms with van der Waals surface area (Å²) >= 11 is 0. The molecule has 0 unspecified atom stereocenters. The number of pyridine rings is 1. The lowest BCUT2D eigenvalue weighted by molar-refractivity contribution is -0.118. The number of aryl methyl sites for hydroxylation is 1. The third kappa shape index (κ3) is 3.35. The van der Waals surface area contributed by atoms with Gasteiger partial charge in [-0.3, -0.25) is 4.79 Å². The monoisotopic (exact) mass is 325 g/mol. The number of nitrogens with zero attached hydrogens (tertiary/aromatic N) is 3. The van der Waals surface area contributed by atoms with Gasteiger partial charge < -0.3 is 14.5 Å². The average molecular weight is 325 g/mol. The van der Waals surface area contributed by atoms with E-state index in [0.717, 1.165) is 42.3 Å². The van der Waals surface area contributed by atoms with Crippen molar-refractivity contribution in [3.63, 3.8) is 0 Å². The van der Waals surface area contributed by atoms with Crippen molar-refractivity contribution in [3.05, 3.63) is 48.2 Å². The zero-order chi connectivity index (χ0) is 16.9. The first-order valence-electron chi connectivity index (χ1n) is 8.36. The van der Waals surface area contributed by atoms with Crippen molar-refractivity contribution in [3.8, 4) is 5.75 Å². The fourth-order valence-electron chi connectivity index (χ4n) is 3.04. The molecule has 1 aromatic heterocycles. The number of hydrogen-bond donors (Lipinski definition) is 0. The molecule has 3 rings (SSSR count). The standard InChI is InChI=1S/C19H23N3O2/c1-3-21-13-14-22(17-5-4-12-20-19(17)21)18(23)11-8-15-6-9-16(24-2)10-7-15/h4-7,9-10,12H,3,8,11,13-14H2,1-2H3. The maximum absolute atomic E-state index is 12.7. The van der Waals surface area contributed by atoms with Crippen LogP contribution >= 0.6 is 0 Å². The predicted octanol–water partition coefficient (Wildman–Crippen LogP) is 2.90. The van der Waals surface area contributed by atoms with Gasteiger partial charge in [0.15, 0.2) is 5.82 Å². The van der Waals surface area contributed by atoms with Crippen molar-refractivity contribution in [2.75, 3.05) is 36.5 Å². The van der Waals surface area contributed by atoms with Crippen LogP contribution in [-0.2, 0) is 11.2 Å². The molecule has 2 aromatic rings. The van der Waals surface area contributed by atoms with Crippen LogP contribution < -0.4 is 14.5 Å². The highest BCUT2D eigenvalue weighted by atomic mass is 16.5. The quantitative estimate of drug-likeness (QED) is 0.848. The minimum absolute atomic E-state index is 0.149. The number of rotatable bonds is 5. The molecule has 5 heteroatoms. The van der Waals surface area contributed by atoms with Crippen LogP contribution in [0.15, 0.2) is 42.6 Å². The lowest BCUT2D eigenvalue weighted by atomic mass is 10.1. The van der Waals surface area contributed by atoms with Crippen LogP contribution in [0, 0.1) is 0 Å². The van der Waals surface area contributed by atoms with Crippen molar-refractivity contribution in [2.45, 2.75) is 19.8 Å². The number of carbonyl (C=O) groups is 1. The maximum Gasteiger partial charge on any atom is 0.227 e. The molecule has 1 aliphatic rings. The van der Waals surface area contributed by atoms with Crippen LogP contribution in [0.5, 0.6) is 5.75 Å². The number of carbonyl (C=O) groups excluding carboxylic acids is 1. The summed E-state index contributed by atoms with van der Waals surface area (Å²) < 4.78 is 5.16. The Labute approximate surface area is 142 Å². The van der Waals surface area contributed by atoms with E-state index < -0.39 is 0 Å². The van der Waals surface area contributed by atoms with Crippen LogP contribution in [-0.4, -0.2) is 37.6 Å². The summed E-state index contributed by atoms with van der Waals surface area (Å²) in [6.45, 7) is 4.56. The van der Waals surface area contributed by atoms with Crippen LogP contribution in [0.3, 0.4) is 0 Å². The minimum atomic E-state index is 0.149. The predicted molar refractivity (Wildman–Crippen MR) is 95.8 cm³/mol. The molecule has 1 aliphatic heterocycles.